The van der Waals surface area contributed by atoms with E-state index in [2.05, 4.69) is 5.32 Å². The number of amides is 1. The third kappa shape index (κ3) is 2.74. The molecule has 5 nitrogen and oxygen atoms in total. The Bertz CT molecular complexity index is 703. The number of hydrogen-bond acceptors (Lipinski definition) is 4. The molecule has 0 fully saturated rings. The molecule has 1 amide bonds. The lowest BCUT2D eigenvalue weighted by atomic mass is 10.1. The molecule has 0 atom stereocenters. The molecule has 0 saturated heterocycles. The fourth-order valence-corrected chi connectivity index (χ4v) is 2.03. The number of nitrogen functional groups attached to an aromatic ring is 1. The number of fused-ring (bicyclic) bond motifs is 1. The molecule has 0 unspecified atom stereocenters. The molecule has 1 aliphatic heterocycles. The summed E-state index contributed by atoms with van der Waals surface area (Å²) in [7, 11) is 0. The molecular weight excluding hydrogens is 275 g/mol. The normalized spacial score (nSPS) is 12.8. The molecule has 2 aromatic carbocycles. The molecule has 0 aromatic heterocycles. The van der Waals surface area contributed by atoms with Crippen LogP contribution in [-0.2, 0) is 0 Å². The van der Waals surface area contributed by atoms with Crippen LogP contribution in [0, 0.1) is 5.82 Å². The number of carbonyl (C=O) groups excluding carboxylic acids is 1. The first-order chi connectivity index (χ1) is 10.1. The Hall–Kier alpha value is -2.76. The van der Waals surface area contributed by atoms with E-state index in [1.54, 1.807) is 18.2 Å². The van der Waals surface area contributed by atoms with Gasteiger partial charge in [0.05, 0.1) is 11.4 Å². The average Bonchev–Trinajstić information content (AvgIpc) is 2.49. The van der Waals surface area contributed by atoms with E-state index >= 15 is 0 Å². The summed E-state index contributed by atoms with van der Waals surface area (Å²) in [4.78, 5) is 12.2. The van der Waals surface area contributed by atoms with Crippen molar-refractivity contribution >= 4 is 17.3 Å². The van der Waals surface area contributed by atoms with Gasteiger partial charge in [0.2, 0.25) is 0 Å². The van der Waals surface area contributed by atoms with E-state index in [1.807, 2.05) is 0 Å². The van der Waals surface area contributed by atoms with Gasteiger partial charge in [-0.1, -0.05) is 0 Å². The third-order valence-corrected chi connectivity index (χ3v) is 3.07. The molecule has 0 spiro atoms. The van der Waals surface area contributed by atoms with Gasteiger partial charge in [-0.3, -0.25) is 4.79 Å². The molecular formula is C15H13FN2O3. The summed E-state index contributed by atoms with van der Waals surface area (Å²) in [6.07, 6.45) is 0. The Kier molecular flexibility index (Phi) is 3.35. The van der Waals surface area contributed by atoms with Gasteiger partial charge < -0.3 is 20.5 Å². The monoisotopic (exact) mass is 288 g/mol. The predicted octanol–water partition coefficient (Wildman–Crippen LogP) is 2.43. The minimum atomic E-state index is -0.454. The lowest BCUT2D eigenvalue weighted by Gasteiger charge is -2.18. The summed E-state index contributed by atoms with van der Waals surface area (Å²) >= 11 is 0. The van der Waals surface area contributed by atoms with Gasteiger partial charge in [-0.05, 0) is 36.4 Å². The molecule has 0 aliphatic carbocycles. The zero-order chi connectivity index (χ0) is 14.8. The molecule has 3 N–H and O–H groups in total. The quantitative estimate of drug-likeness (QED) is 0.832. The minimum Gasteiger partial charge on any atom is -0.486 e. The number of anilines is 2. The molecule has 2 aromatic rings. The van der Waals surface area contributed by atoms with Crippen LogP contribution in [0.1, 0.15) is 10.4 Å². The number of carbonyl (C=O) groups is 1. The van der Waals surface area contributed by atoms with E-state index < -0.39 is 5.82 Å². The Labute approximate surface area is 120 Å². The van der Waals surface area contributed by atoms with Gasteiger partial charge in [0.15, 0.2) is 11.5 Å². The van der Waals surface area contributed by atoms with Crippen molar-refractivity contribution in [1.29, 1.82) is 0 Å². The molecule has 1 aliphatic rings. The van der Waals surface area contributed by atoms with Gasteiger partial charge in [0.1, 0.15) is 19.0 Å². The number of benzene rings is 2. The van der Waals surface area contributed by atoms with Crippen LogP contribution in [0.3, 0.4) is 0 Å². The van der Waals surface area contributed by atoms with Crippen molar-refractivity contribution in [3.05, 3.63) is 47.8 Å². The van der Waals surface area contributed by atoms with Crippen molar-refractivity contribution in [2.75, 3.05) is 24.3 Å². The first kappa shape index (κ1) is 13.2. The summed E-state index contributed by atoms with van der Waals surface area (Å²) in [5.41, 5.74) is 6.59. The van der Waals surface area contributed by atoms with Crippen molar-refractivity contribution in [1.82, 2.24) is 0 Å². The van der Waals surface area contributed by atoms with E-state index in [9.17, 15) is 9.18 Å². The second-order valence-electron chi connectivity index (χ2n) is 4.54. The Balaban J connectivity index is 1.82. The van der Waals surface area contributed by atoms with Crippen LogP contribution < -0.4 is 20.5 Å². The standard InChI is InChI=1S/C15H13FN2O3/c16-10-2-3-12(11(17)8-10)18-15(19)9-1-4-13-14(7-9)21-6-5-20-13/h1-4,7-8H,5-6,17H2,(H,18,19). The number of nitrogens with one attached hydrogen (secondary N) is 1. The highest BCUT2D eigenvalue weighted by molar-refractivity contribution is 6.06. The zero-order valence-electron chi connectivity index (χ0n) is 11.1. The molecule has 0 radical (unpaired) electrons. The largest absolute Gasteiger partial charge is 0.486 e. The minimum absolute atomic E-state index is 0.167. The van der Waals surface area contributed by atoms with Gasteiger partial charge in [-0.25, -0.2) is 4.39 Å². The van der Waals surface area contributed by atoms with E-state index in [0.29, 0.717) is 36.0 Å². The van der Waals surface area contributed by atoms with E-state index in [0.717, 1.165) is 6.07 Å². The van der Waals surface area contributed by atoms with Crippen LogP contribution in [0.25, 0.3) is 0 Å². The number of ether oxygens (including phenoxy) is 2. The van der Waals surface area contributed by atoms with Crippen molar-refractivity contribution < 1.29 is 18.7 Å². The first-order valence-electron chi connectivity index (χ1n) is 6.39. The van der Waals surface area contributed by atoms with Crippen molar-refractivity contribution in [3.8, 4) is 11.5 Å². The second kappa shape index (κ2) is 5.32. The average molecular weight is 288 g/mol. The zero-order valence-corrected chi connectivity index (χ0v) is 11.1. The van der Waals surface area contributed by atoms with Gasteiger partial charge in [-0.15, -0.1) is 0 Å². The number of rotatable bonds is 2. The van der Waals surface area contributed by atoms with E-state index in [1.165, 1.54) is 12.1 Å². The maximum absolute atomic E-state index is 13.0. The summed E-state index contributed by atoms with van der Waals surface area (Å²) in [5, 5.41) is 2.63. The number of halogens is 1. The van der Waals surface area contributed by atoms with Gasteiger partial charge in [0.25, 0.3) is 5.91 Å². The molecule has 0 saturated carbocycles. The molecule has 1 heterocycles. The fourth-order valence-electron chi connectivity index (χ4n) is 2.03. The third-order valence-electron chi connectivity index (χ3n) is 3.07. The second-order valence-corrected chi connectivity index (χ2v) is 4.54. The van der Waals surface area contributed by atoms with Crippen LogP contribution in [0.4, 0.5) is 15.8 Å². The summed E-state index contributed by atoms with van der Waals surface area (Å²) < 4.78 is 23.8. The van der Waals surface area contributed by atoms with Crippen LogP contribution in [0.15, 0.2) is 36.4 Å². The summed E-state index contributed by atoms with van der Waals surface area (Å²) in [6.45, 7) is 0.938. The molecule has 0 bridgehead atoms. The highest BCUT2D eigenvalue weighted by atomic mass is 19.1. The van der Waals surface area contributed by atoms with Gasteiger partial charge in [0, 0.05) is 5.56 Å². The Morgan fingerprint density at radius 1 is 1.10 bits per heavy atom. The molecule has 108 valence electrons. The number of hydrogen-bond donors (Lipinski definition) is 2. The maximum Gasteiger partial charge on any atom is 0.255 e. The van der Waals surface area contributed by atoms with Gasteiger partial charge in [-0.2, -0.15) is 0 Å². The predicted molar refractivity (Wildman–Crippen MR) is 76.2 cm³/mol. The van der Waals surface area contributed by atoms with E-state index in [-0.39, 0.29) is 11.6 Å². The lowest BCUT2D eigenvalue weighted by Crippen LogP contribution is -2.17. The maximum atomic E-state index is 13.0. The van der Waals surface area contributed by atoms with Crippen LogP contribution in [-0.4, -0.2) is 19.1 Å². The summed E-state index contributed by atoms with van der Waals surface area (Å²) in [5.74, 6) is 0.329. The topological polar surface area (TPSA) is 73.6 Å². The first-order valence-corrected chi connectivity index (χ1v) is 6.39. The van der Waals surface area contributed by atoms with Crippen molar-refractivity contribution in [2.45, 2.75) is 0 Å². The van der Waals surface area contributed by atoms with Crippen molar-refractivity contribution in [2.24, 2.45) is 0 Å². The molecule has 6 heteroatoms. The smallest absolute Gasteiger partial charge is 0.255 e. The fraction of sp³-hybridized carbons (Fsp3) is 0.133. The number of nitrogens with two attached hydrogens (primary N) is 1. The molecule has 21 heavy (non-hydrogen) atoms. The Morgan fingerprint density at radius 2 is 1.86 bits per heavy atom. The molecule has 3 rings (SSSR count). The van der Waals surface area contributed by atoms with Crippen LogP contribution >= 0.6 is 0 Å². The van der Waals surface area contributed by atoms with Crippen molar-refractivity contribution in [3.63, 3.8) is 0 Å². The highest BCUT2D eigenvalue weighted by Gasteiger charge is 2.15. The highest BCUT2D eigenvalue weighted by Crippen LogP contribution is 2.31. The Morgan fingerprint density at radius 3 is 2.62 bits per heavy atom. The SMILES string of the molecule is Nc1cc(F)ccc1NC(=O)c1ccc2c(c1)OCCO2. The summed E-state index contributed by atoms with van der Waals surface area (Å²) in [6, 6.07) is 8.71. The van der Waals surface area contributed by atoms with Crippen LogP contribution in [0.2, 0.25) is 0 Å². The van der Waals surface area contributed by atoms with Gasteiger partial charge >= 0.3 is 0 Å². The van der Waals surface area contributed by atoms with Crippen LogP contribution in [0.5, 0.6) is 11.5 Å². The lowest BCUT2D eigenvalue weighted by molar-refractivity contribution is 0.102. The van der Waals surface area contributed by atoms with E-state index in [4.69, 9.17) is 15.2 Å².